The molecule has 0 saturated heterocycles. The average Bonchev–Trinajstić information content (AvgIpc) is 2.90. The van der Waals surface area contributed by atoms with E-state index in [1.165, 1.54) is 6.07 Å². The Hall–Kier alpha value is -3.28. The SMILES string of the molecule is O=C(O)Cc1ccc(Cn2c3cccnc3c3c(F)cc(F)cc32)cc1. The molecule has 4 rings (SSSR count). The predicted molar refractivity (Wildman–Crippen MR) is 94.0 cm³/mol. The lowest BCUT2D eigenvalue weighted by Crippen LogP contribution is -2.02. The van der Waals surface area contributed by atoms with Gasteiger partial charge in [-0.05, 0) is 29.3 Å². The molecule has 0 radical (unpaired) electrons. The Bertz CT molecular complexity index is 1130. The van der Waals surface area contributed by atoms with Gasteiger partial charge in [0.15, 0.2) is 0 Å². The number of halogens is 2. The molecule has 0 aliphatic rings. The highest BCUT2D eigenvalue weighted by molar-refractivity contribution is 6.06. The molecule has 0 spiro atoms. The fourth-order valence-corrected chi connectivity index (χ4v) is 3.23. The molecule has 130 valence electrons. The van der Waals surface area contributed by atoms with E-state index in [9.17, 15) is 13.6 Å². The Morgan fingerprint density at radius 1 is 1.04 bits per heavy atom. The van der Waals surface area contributed by atoms with E-state index in [1.807, 2.05) is 22.8 Å². The van der Waals surface area contributed by atoms with Gasteiger partial charge in [-0.3, -0.25) is 9.78 Å². The van der Waals surface area contributed by atoms with Crippen molar-refractivity contribution in [1.82, 2.24) is 9.55 Å². The van der Waals surface area contributed by atoms with Crippen molar-refractivity contribution < 1.29 is 18.7 Å². The van der Waals surface area contributed by atoms with E-state index in [1.54, 1.807) is 24.4 Å². The Labute approximate surface area is 147 Å². The number of fused-ring (bicyclic) bond motifs is 3. The lowest BCUT2D eigenvalue weighted by atomic mass is 10.1. The van der Waals surface area contributed by atoms with Gasteiger partial charge < -0.3 is 9.67 Å². The third kappa shape index (κ3) is 2.79. The van der Waals surface area contributed by atoms with Crippen molar-refractivity contribution >= 4 is 27.9 Å². The number of carbonyl (C=O) groups is 1. The van der Waals surface area contributed by atoms with Crippen LogP contribution >= 0.6 is 0 Å². The third-order valence-corrected chi connectivity index (χ3v) is 4.36. The summed E-state index contributed by atoms with van der Waals surface area (Å²) in [5.41, 5.74) is 3.23. The van der Waals surface area contributed by atoms with Gasteiger partial charge in [0, 0.05) is 18.8 Å². The second-order valence-corrected chi connectivity index (χ2v) is 6.13. The molecule has 0 fully saturated rings. The summed E-state index contributed by atoms with van der Waals surface area (Å²) >= 11 is 0. The van der Waals surface area contributed by atoms with Crippen LogP contribution in [0.15, 0.2) is 54.7 Å². The monoisotopic (exact) mass is 352 g/mol. The van der Waals surface area contributed by atoms with E-state index in [0.29, 0.717) is 34.0 Å². The van der Waals surface area contributed by atoms with Crippen LogP contribution in [0.2, 0.25) is 0 Å². The average molecular weight is 352 g/mol. The summed E-state index contributed by atoms with van der Waals surface area (Å²) < 4.78 is 30.0. The molecule has 2 aromatic heterocycles. The highest BCUT2D eigenvalue weighted by Gasteiger charge is 2.16. The third-order valence-electron chi connectivity index (χ3n) is 4.36. The Morgan fingerprint density at radius 2 is 1.77 bits per heavy atom. The van der Waals surface area contributed by atoms with E-state index in [2.05, 4.69) is 4.98 Å². The lowest BCUT2D eigenvalue weighted by molar-refractivity contribution is -0.136. The number of hydrogen-bond acceptors (Lipinski definition) is 2. The maximum atomic E-state index is 14.4. The Kier molecular flexibility index (Phi) is 3.88. The fraction of sp³-hybridized carbons (Fsp3) is 0.100. The molecule has 0 amide bonds. The van der Waals surface area contributed by atoms with Gasteiger partial charge in [-0.2, -0.15) is 0 Å². The first-order chi connectivity index (χ1) is 12.5. The summed E-state index contributed by atoms with van der Waals surface area (Å²) in [7, 11) is 0. The standard InChI is InChI=1S/C20H14F2N2O2/c21-14-9-15(22)19-17(10-14)24(16-2-1-7-23-20(16)19)11-13-5-3-12(4-6-13)8-18(25)26/h1-7,9-10H,8,11H2,(H,25,26). The lowest BCUT2D eigenvalue weighted by Gasteiger charge is -2.08. The van der Waals surface area contributed by atoms with Gasteiger partial charge in [0.1, 0.15) is 11.6 Å². The van der Waals surface area contributed by atoms with E-state index in [0.717, 1.165) is 11.6 Å². The number of rotatable bonds is 4. The normalized spacial score (nSPS) is 11.3. The van der Waals surface area contributed by atoms with Gasteiger partial charge in [0.25, 0.3) is 0 Å². The zero-order valence-electron chi connectivity index (χ0n) is 13.6. The van der Waals surface area contributed by atoms with Crippen molar-refractivity contribution in [1.29, 1.82) is 0 Å². The molecular weight excluding hydrogens is 338 g/mol. The second-order valence-electron chi connectivity index (χ2n) is 6.13. The molecule has 1 N–H and O–H groups in total. The van der Waals surface area contributed by atoms with Crippen molar-refractivity contribution in [3.63, 3.8) is 0 Å². The summed E-state index contributed by atoms with van der Waals surface area (Å²) in [5, 5.41) is 9.15. The molecule has 0 saturated carbocycles. The minimum absolute atomic E-state index is 0.0456. The molecule has 0 aliphatic carbocycles. The largest absolute Gasteiger partial charge is 0.481 e. The van der Waals surface area contributed by atoms with E-state index in [4.69, 9.17) is 5.11 Å². The van der Waals surface area contributed by atoms with Gasteiger partial charge in [-0.15, -0.1) is 0 Å². The number of aliphatic carboxylic acids is 1. The minimum atomic E-state index is -0.892. The van der Waals surface area contributed by atoms with E-state index in [-0.39, 0.29) is 6.42 Å². The molecule has 0 bridgehead atoms. The molecule has 26 heavy (non-hydrogen) atoms. The molecule has 2 heterocycles. The van der Waals surface area contributed by atoms with Crippen molar-refractivity contribution in [2.75, 3.05) is 0 Å². The number of nitrogens with zero attached hydrogens (tertiary/aromatic N) is 2. The fourth-order valence-electron chi connectivity index (χ4n) is 3.23. The number of pyridine rings is 1. The molecule has 0 unspecified atom stereocenters. The summed E-state index contributed by atoms with van der Waals surface area (Å²) in [6.07, 6.45) is 1.53. The van der Waals surface area contributed by atoms with Crippen molar-refractivity contribution in [3.8, 4) is 0 Å². The van der Waals surface area contributed by atoms with Gasteiger partial charge in [-0.1, -0.05) is 24.3 Å². The van der Waals surface area contributed by atoms with Gasteiger partial charge >= 0.3 is 5.97 Å². The van der Waals surface area contributed by atoms with Crippen molar-refractivity contribution in [2.24, 2.45) is 0 Å². The maximum absolute atomic E-state index is 14.4. The molecule has 2 aromatic carbocycles. The van der Waals surface area contributed by atoms with Crippen molar-refractivity contribution in [2.45, 2.75) is 13.0 Å². The first-order valence-corrected chi connectivity index (χ1v) is 8.04. The van der Waals surface area contributed by atoms with Crippen LogP contribution in [0.25, 0.3) is 21.9 Å². The van der Waals surface area contributed by atoms with Gasteiger partial charge in [0.05, 0.1) is 28.4 Å². The Morgan fingerprint density at radius 3 is 2.50 bits per heavy atom. The number of aromatic nitrogens is 2. The summed E-state index contributed by atoms with van der Waals surface area (Å²) in [5.74, 6) is -2.17. The van der Waals surface area contributed by atoms with Crippen molar-refractivity contribution in [3.05, 3.63) is 77.5 Å². The zero-order chi connectivity index (χ0) is 18.3. The molecule has 4 aromatic rings. The van der Waals surface area contributed by atoms with Crippen LogP contribution < -0.4 is 0 Å². The highest BCUT2D eigenvalue weighted by Crippen LogP contribution is 2.31. The van der Waals surface area contributed by atoms with Crippen LogP contribution in [-0.4, -0.2) is 20.6 Å². The summed E-state index contributed by atoms with van der Waals surface area (Å²) in [6.45, 7) is 0.391. The van der Waals surface area contributed by atoms with E-state index >= 15 is 0 Å². The highest BCUT2D eigenvalue weighted by atomic mass is 19.1. The number of hydrogen-bond donors (Lipinski definition) is 1. The molecule has 4 nitrogen and oxygen atoms in total. The topological polar surface area (TPSA) is 55.1 Å². The first kappa shape index (κ1) is 16.2. The second kappa shape index (κ2) is 6.22. The zero-order valence-corrected chi connectivity index (χ0v) is 13.6. The van der Waals surface area contributed by atoms with Crippen LogP contribution in [-0.2, 0) is 17.8 Å². The minimum Gasteiger partial charge on any atom is -0.481 e. The van der Waals surface area contributed by atoms with Gasteiger partial charge in [-0.25, -0.2) is 8.78 Å². The summed E-state index contributed by atoms with van der Waals surface area (Å²) in [4.78, 5) is 15.0. The van der Waals surface area contributed by atoms with Crippen LogP contribution in [0, 0.1) is 11.6 Å². The van der Waals surface area contributed by atoms with Crippen LogP contribution in [0.4, 0.5) is 8.78 Å². The predicted octanol–water partition coefficient (Wildman–Crippen LogP) is 4.14. The van der Waals surface area contributed by atoms with Crippen LogP contribution in [0.5, 0.6) is 0 Å². The first-order valence-electron chi connectivity index (χ1n) is 8.04. The number of benzene rings is 2. The molecule has 6 heteroatoms. The summed E-state index contributed by atoms with van der Waals surface area (Å²) in [6, 6.07) is 12.9. The quantitative estimate of drug-likeness (QED) is 0.600. The smallest absolute Gasteiger partial charge is 0.307 e. The Balaban J connectivity index is 1.84. The molecule has 0 aliphatic heterocycles. The van der Waals surface area contributed by atoms with Crippen LogP contribution in [0.3, 0.4) is 0 Å². The maximum Gasteiger partial charge on any atom is 0.307 e. The molecule has 0 atom stereocenters. The van der Waals surface area contributed by atoms with E-state index < -0.39 is 17.6 Å². The molecular formula is C20H14F2N2O2. The number of carboxylic acid groups (broad SMARTS) is 1. The van der Waals surface area contributed by atoms with Gasteiger partial charge in [0.2, 0.25) is 0 Å². The van der Waals surface area contributed by atoms with Crippen LogP contribution in [0.1, 0.15) is 11.1 Å². The number of carboxylic acids is 1.